The summed E-state index contributed by atoms with van der Waals surface area (Å²) in [5.74, 6) is -10.7. The molecule has 0 spiro atoms. The minimum Gasteiger partial charge on any atom is -0.508 e. The van der Waals surface area contributed by atoms with Gasteiger partial charge in [-0.3, -0.25) is 24.2 Å². The number of aromatic hydroxyl groups is 1. The number of aliphatic hydroxyl groups excluding tert-OH is 2. The van der Waals surface area contributed by atoms with Gasteiger partial charge in [-0.1, -0.05) is 19.1 Å². The van der Waals surface area contributed by atoms with Gasteiger partial charge in [0.1, 0.15) is 40.6 Å². The van der Waals surface area contributed by atoms with Gasteiger partial charge in [-0.05, 0) is 65.3 Å². The number of primary amides is 1. The molecule has 14 heteroatoms. The van der Waals surface area contributed by atoms with Crippen molar-refractivity contribution in [2.24, 2.45) is 17.6 Å². The Kier molecular flexibility index (Phi) is 7.97. The molecule has 248 valence electrons. The Labute approximate surface area is 265 Å². The summed E-state index contributed by atoms with van der Waals surface area (Å²) in [6.45, 7) is 6.88. The highest BCUT2D eigenvalue weighted by atomic mass is 16.6. The predicted molar refractivity (Wildman–Crippen MR) is 160 cm³/mol. The lowest BCUT2D eigenvalue weighted by molar-refractivity contribution is -0.187. The molecule has 3 aliphatic carbocycles. The first-order valence-electron chi connectivity index (χ1n) is 15.0. The molecule has 1 aromatic carbocycles. The number of esters is 1. The van der Waals surface area contributed by atoms with E-state index in [1.165, 1.54) is 36.0 Å². The van der Waals surface area contributed by atoms with Crippen molar-refractivity contribution in [3.05, 3.63) is 46.2 Å². The summed E-state index contributed by atoms with van der Waals surface area (Å²) < 4.78 is 11.6. The zero-order valence-electron chi connectivity index (χ0n) is 26.4. The number of rotatable bonds is 4. The van der Waals surface area contributed by atoms with Gasteiger partial charge in [-0.25, -0.2) is 9.59 Å². The molecule has 0 radical (unpaired) electrons. The molecule has 7 unspecified atom stereocenters. The molecule has 2 fully saturated rings. The molecule has 46 heavy (non-hydrogen) atoms. The van der Waals surface area contributed by atoms with E-state index in [0.717, 1.165) is 0 Å². The summed E-state index contributed by atoms with van der Waals surface area (Å²) in [4.78, 5) is 70.1. The van der Waals surface area contributed by atoms with Gasteiger partial charge in [-0.2, -0.15) is 0 Å². The van der Waals surface area contributed by atoms with Crippen LogP contribution in [-0.4, -0.2) is 110 Å². The fourth-order valence-electron chi connectivity index (χ4n) is 7.45. The second-order valence-electron chi connectivity index (χ2n) is 13.5. The molecule has 1 saturated heterocycles. The average molecular weight is 642 g/mol. The molecule has 7 atom stereocenters. The molecule has 1 aliphatic heterocycles. The van der Waals surface area contributed by atoms with Gasteiger partial charge >= 0.3 is 12.1 Å². The number of likely N-dealkylation sites (N-methyl/N-ethyl adjacent to an activating group) is 1. The van der Waals surface area contributed by atoms with Crippen LogP contribution in [0.25, 0.3) is 5.76 Å². The van der Waals surface area contributed by atoms with Crippen LogP contribution in [0.1, 0.15) is 57.6 Å². The number of hydrogen-bond donors (Lipinski definition) is 5. The number of fused-ring (bicyclic) bond motifs is 3. The number of nitrogens with zero attached hydrogens (tertiary/aromatic N) is 2. The number of carbonyl (C=O) groups is 5. The van der Waals surface area contributed by atoms with E-state index >= 15 is 0 Å². The number of hydrogen-bond acceptors (Lipinski definition) is 12. The largest absolute Gasteiger partial charge is 0.508 e. The normalized spacial score (nSPS) is 31.0. The fraction of sp³-hybridized carbons (Fsp3) is 0.531. The third-order valence-corrected chi connectivity index (χ3v) is 9.37. The van der Waals surface area contributed by atoms with Crippen LogP contribution in [0.15, 0.2) is 35.1 Å². The number of amides is 2. The highest BCUT2D eigenvalue weighted by molar-refractivity contribution is 6.24. The van der Waals surface area contributed by atoms with Crippen LogP contribution in [0.5, 0.6) is 5.75 Å². The SMILES string of the molecule is CC1c2cccc(O)c2C(O)=C2C(=O)C3(O)C(O)=C(C(N)=O)C(=O)C(N(C)C)C3C(OC(=O)C3CCCN3C(=O)OC(C)(C)C)C21. The van der Waals surface area contributed by atoms with Crippen molar-refractivity contribution in [2.45, 2.75) is 75.8 Å². The van der Waals surface area contributed by atoms with Gasteiger partial charge < -0.3 is 35.6 Å². The van der Waals surface area contributed by atoms with Crippen molar-refractivity contribution in [3.63, 3.8) is 0 Å². The quantitative estimate of drug-likeness (QED) is 0.233. The number of ketones is 2. The van der Waals surface area contributed by atoms with Crippen LogP contribution in [0.3, 0.4) is 0 Å². The summed E-state index contributed by atoms with van der Waals surface area (Å²) in [6.07, 6.45) is -1.69. The topological polar surface area (TPSA) is 217 Å². The van der Waals surface area contributed by atoms with Gasteiger partial charge in [0.25, 0.3) is 5.91 Å². The van der Waals surface area contributed by atoms with E-state index in [-0.39, 0.29) is 24.3 Å². The lowest BCUT2D eigenvalue weighted by atomic mass is 9.54. The Bertz CT molecular complexity index is 1610. The van der Waals surface area contributed by atoms with E-state index < -0.39 is 99.3 Å². The lowest BCUT2D eigenvalue weighted by Gasteiger charge is -2.54. The fourth-order valence-corrected chi connectivity index (χ4v) is 7.45. The second kappa shape index (κ2) is 11.1. The zero-order valence-corrected chi connectivity index (χ0v) is 26.4. The van der Waals surface area contributed by atoms with Crippen LogP contribution in [-0.2, 0) is 28.7 Å². The Balaban J connectivity index is 1.72. The second-order valence-corrected chi connectivity index (χ2v) is 13.5. The standard InChI is InChI=1S/C32H39N3O11/c1-13-14-9-7-11-16(36)18(14)23(37)19-17(13)25(45-29(42)15-10-8-12-35(15)30(43)46-31(2,3)4)21-22(34(5)6)24(38)20(28(33)41)27(40)32(21,44)26(19)39/h7,9,11,13,15,17,21-22,25,36-37,40,44H,8,10,12H2,1-6H3,(H2,33,41). The van der Waals surface area contributed by atoms with Gasteiger partial charge in [-0.15, -0.1) is 0 Å². The smallest absolute Gasteiger partial charge is 0.411 e. The highest BCUT2D eigenvalue weighted by Crippen LogP contribution is 2.57. The first kappa shape index (κ1) is 32.9. The summed E-state index contributed by atoms with van der Waals surface area (Å²) in [5, 5.41) is 45.7. The number of benzene rings is 1. The molecule has 4 aliphatic rings. The lowest BCUT2D eigenvalue weighted by Crippen LogP contribution is -2.71. The van der Waals surface area contributed by atoms with Crippen molar-refractivity contribution in [1.29, 1.82) is 0 Å². The van der Waals surface area contributed by atoms with Crippen molar-refractivity contribution in [3.8, 4) is 5.75 Å². The van der Waals surface area contributed by atoms with E-state index in [2.05, 4.69) is 0 Å². The van der Waals surface area contributed by atoms with Crippen LogP contribution in [0.2, 0.25) is 0 Å². The number of nitrogens with two attached hydrogens (primary N) is 1. The van der Waals surface area contributed by atoms with Gasteiger partial charge in [0, 0.05) is 18.0 Å². The maximum absolute atomic E-state index is 14.4. The minimum absolute atomic E-state index is 0.0942. The van der Waals surface area contributed by atoms with Gasteiger partial charge in [0.05, 0.1) is 17.5 Å². The van der Waals surface area contributed by atoms with E-state index in [4.69, 9.17) is 15.2 Å². The van der Waals surface area contributed by atoms with Gasteiger partial charge in [0.2, 0.25) is 5.78 Å². The van der Waals surface area contributed by atoms with E-state index in [1.807, 2.05) is 0 Å². The summed E-state index contributed by atoms with van der Waals surface area (Å²) in [5.41, 5.74) is 0.329. The maximum atomic E-state index is 14.4. The van der Waals surface area contributed by atoms with Crippen LogP contribution >= 0.6 is 0 Å². The van der Waals surface area contributed by atoms with Crippen molar-refractivity contribution >= 4 is 35.3 Å². The number of carbonyl (C=O) groups excluding carboxylic acids is 5. The van der Waals surface area contributed by atoms with E-state index in [0.29, 0.717) is 12.0 Å². The first-order chi connectivity index (χ1) is 21.3. The van der Waals surface area contributed by atoms with Crippen LogP contribution < -0.4 is 5.73 Å². The molecular weight excluding hydrogens is 602 g/mol. The van der Waals surface area contributed by atoms with Crippen LogP contribution in [0.4, 0.5) is 4.79 Å². The first-order valence-corrected chi connectivity index (χ1v) is 15.0. The van der Waals surface area contributed by atoms with E-state index in [1.54, 1.807) is 33.8 Å². The Morgan fingerprint density at radius 2 is 1.76 bits per heavy atom. The molecule has 1 heterocycles. The van der Waals surface area contributed by atoms with Crippen molar-refractivity contribution < 1.29 is 53.9 Å². The van der Waals surface area contributed by atoms with Gasteiger partial charge in [0.15, 0.2) is 11.4 Å². The van der Waals surface area contributed by atoms with E-state index in [9.17, 15) is 44.4 Å². The molecule has 0 bridgehead atoms. The number of phenolic OH excluding ortho intramolecular Hbond substituents is 1. The minimum atomic E-state index is -3.07. The number of likely N-dealkylation sites (tertiary alicyclic amines) is 1. The summed E-state index contributed by atoms with van der Waals surface area (Å²) in [7, 11) is 2.88. The molecule has 1 aromatic rings. The highest BCUT2D eigenvalue weighted by Gasteiger charge is 2.69. The van der Waals surface area contributed by atoms with Crippen LogP contribution in [0, 0.1) is 11.8 Å². The summed E-state index contributed by atoms with van der Waals surface area (Å²) >= 11 is 0. The number of phenols is 1. The molecule has 0 aromatic heterocycles. The molecule has 1 saturated carbocycles. The Morgan fingerprint density at radius 3 is 2.35 bits per heavy atom. The van der Waals surface area contributed by atoms with Crippen molar-refractivity contribution in [1.82, 2.24) is 9.80 Å². The molecule has 5 rings (SSSR count). The summed E-state index contributed by atoms with van der Waals surface area (Å²) in [6, 6.07) is 1.79. The maximum Gasteiger partial charge on any atom is 0.411 e. The molecule has 14 nitrogen and oxygen atoms in total. The third-order valence-electron chi connectivity index (χ3n) is 9.37. The van der Waals surface area contributed by atoms with Crippen molar-refractivity contribution in [2.75, 3.05) is 20.6 Å². The molecule has 2 amide bonds. The Morgan fingerprint density at radius 1 is 1.11 bits per heavy atom. The molecule has 6 N–H and O–H groups in total. The Hall–Kier alpha value is -4.43. The average Bonchev–Trinajstić information content (AvgIpc) is 3.44. The number of aliphatic hydroxyl groups is 3. The number of Topliss-reactive ketones (excluding diaryl/α,β-unsaturated/α-hetero) is 2. The molecular formula is C32H39N3O11. The zero-order chi connectivity index (χ0) is 34.2. The third kappa shape index (κ3) is 4.81. The predicted octanol–water partition coefficient (Wildman–Crippen LogP) is 1.45. The monoisotopic (exact) mass is 641 g/mol. The number of ether oxygens (including phenoxy) is 2.